The fraction of sp³-hybridized carbons (Fsp3) is 0.0417. The van der Waals surface area contributed by atoms with E-state index in [2.05, 4.69) is 20.6 Å². The van der Waals surface area contributed by atoms with E-state index in [4.69, 9.17) is 11.6 Å². The fourth-order valence-electron chi connectivity index (χ4n) is 2.93. The van der Waals surface area contributed by atoms with Gasteiger partial charge in [0, 0.05) is 34.6 Å². The lowest BCUT2D eigenvalue weighted by Crippen LogP contribution is -2.22. The molecule has 0 spiro atoms. The standard InChI is InChI=1S/C24H19ClN4O/c25-21-9-5-4-8-19(21)16-27-24(30)18-10-12-20(13-11-18)28-22-14-15-26-23(29-22)17-6-2-1-3-7-17/h1-15H,16H2,(H,27,30)(H,26,28,29). The number of carbonyl (C=O) groups excluding carboxylic acids is 1. The van der Waals surface area contributed by atoms with Gasteiger partial charge in [-0.05, 0) is 42.0 Å². The van der Waals surface area contributed by atoms with E-state index >= 15 is 0 Å². The number of aromatic nitrogens is 2. The third-order valence-corrected chi connectivity index (χ3v) is 4.87. The van der Waals surface area contributed by atoms with Crippen LogP contribution in [0.4, 0.5) is 11.5 Å². The summed E-state index contributed by atoms with van der Waals surface area (Å²) in [5, 5.41) is 6.77. The van der Waals surface area contributed by atoms with Crippen LogP contribution in [0.25, 0.3) is 11.4 Å². The molecule has 0 bridgehead atoms. The first kappa shape index (κ1) is 19.6. The van der Waals surface area contributed by atoms with Gasteiger partial charge in [-0.25, -0.2) is 9.97 Å². The van der Waals surface area contributed by atoms with Gasteiger partial charge in [0.1, 0.15) is 5.82 Å². The van der Waals surface area contributed by atoms with Gasteiger partial charge in [-0.15, -0.1) is 0 Å². The highest BCUT2D eigenvalue weighted by atomic mass is 35.5. The first-order valence-corrected chi connectivity index (χ1v) is 9.84. The zero-order valence-electron chi connectivity index (χ0n) is 16.0. The molecule has 0 unspecified atom stereocenters. The summed E-state index contributed by atoms with van der Waals surface area (Å²) in [6, 6.07) is 26.3. The molecule has 0 fully saturated rings. The van der Waals surface area contributed by atoms with Gasteiger partial charge >= 0.3 is 0 Å². The third kappa shape index (κ3) is 4.82. The van der Waals surface area contributed by atoms with Crippen molar-refractivity contribution in [2.45, 2.75) is 6.54 Å². The molecule has 4 rings (SSSR count). The monoisotopic (exact) mass is 414 g/mol. The second-order valence-electron chi connectivity index (χ2n) is 6.61. The molecule has 3 aromatic carbocycles. The summed E-state index contributed by atoms with van der Waals surface area (Å²) in [5.74, 6) is 1.17. The maximum absolute atomic E-state index is 12.4. The molecule has 0 aliphatic carbocycles. The number of hydrogen-bond donors (Lipinski definition) is 2. The summed E-state index contributed by atoms with van der Waals surface area (Å²) >= 11 is 6.13. The van der Waals surface area contributed by atoms with E-state index in [-0.39, 0.29) is 5.91 Å². The molecular weight excluding hydrogens is 396 g/mol. The molecule has 0 radical (unpaired) electrons. The Bertz CT molecular complexity index is 1150. The maximum atomic E-state index is 12.4. The number of anilines is 2. The highest BCUT2D eigenvalue weighted by Gasteiger charge is 2.07. The lowest BCUT2D eigenvalue weighted by molar-refractivity contribution is 0.0951. The summed E-state index contributed by atoms with van der Waals surface area (Å²) in [6.07, 6.45) is 1.72. The van der Waals surface area contributed by atoms with Crippen molar-refractivity contribution in [2.24, 2.45) is 0 Å². The van der Waals surface area contributed by atoms with E-state index < -0.39 is 0 Å². The van der Waals surface area contributed by atoms with Crippen LogP contribution in [0.1, 0.15) is 15.9 Å². The lowest BCUT2D eigenvalue weighted by Gasteiger charge is -2.09. The average Bonchev–Trinajstić information content (AvgIpc) is 2.80. The zero-order valence-corrected chi connectivity index (χ0v) is 16.8. The van der Waals surface area contributed by atoms with Crippen LogP contribution in [0.3, 0.4) is 0 Å². The molecule has 148 valence electrons. The van der Waals surface area contributed by atoms with Crippen molar-refractivity contribution in [2.75, 3.05) is 5.32 Å². The Balaban J connectivity index is 1.40. The maximum Gasteiger partial charge on any atom is 0.251 e. The van der Waals surface area contributed by atoms with Crippen molar-refractivity contribution in [3.63, 3.8) is 0 Å². The molecule has 0 saturated carbocycles. The number of nitrogens with zero attached hydrogens (tertiary/aromatic N) is 2. The van der Waals surface area contributed by atoms with E-state index in [0.29, 0.717) is 28.8 Å². The van der Waals surface area contributed by atoms with Gasteiger partial charge in [0.15, 0.2) is 5.82 Å². The SMILES string of the molecule is O=C(NCc1ccccc1Cl)c1ccc(Nc2ccnc(-c3ccccc3)n2)cc1. The Kier molecular flexibility index (Phi) is 6.01. The smallest absolute Gasteiger partial charge is 0.251 e. The topological polar surface area (TPSA) is 66.9 Å². The van der Waals surface area contributed by atoms with E-state index in [9.17, 15) is 4.79 Å². The number of rotatable bonds is 6. The van der Waals surface area contributed by atoms with Gasteiger partial charge in [0.2, 0.25) is 0 Å². The Labute approximate surface area is 179 Å². The molecule has 0 saturated heterocycles. The van der Waals surface area contributed by atoms with Crippen LogP contribution in [-0.4, -0.2) is 15.9 Å². The number of hydrogen-bond acceptors (Lipinski definition) is 4. The Morgan fingerprint density at radius 2 is 1.60 bits per heavy atom. The molecule has 0 atom stereocenters. The van der Waals surface area contributed by atoms with E-state index in [1.807, 2.05) is 60.7 Å². The summed E-state index contributed by atoms with van der Waals surface area (Å²) in [5.41, 5.74) is 3.23. The first-order valence-electron chi connectivity index (χ1n) is 9.46. The predicted molar refractivity (Wildman–Crippen MR) is 120 cm³/mol. The normalized spacial score (nSPS) is 10.4. The number of amides is 1. The van der Waals surface area contributed by atoms with Gasteiger partial charge in [-0.1, -0.05) is 60.1 Å². The van der Waals surface area contributed by atoms with Crippen LogP contribution in [0, 0.1) is 0 Å². The molecule has 4 aromatic rings. The summed E-state index contributed by atoms with van der Waals surface area (Å²) in [4.78, 5) is 21.3. The van der Waals surface area contributed by atoms with Crippen molar-refractivity contribution in [3.05, 3.63) is 107 Å². The molecule has 2 N–H and O–H groups in total. The van der Waals surface area contributed by atoms with Crippen LogP contribution in [0.2, 0.25) is 5.02 Å². The fourth-order valence-corrected chi connectivity index (χ4v) is 3.13. The average molecular weight is 415 g/mol. The molecule has 1 heterocycles. The third-order valence-electron chi connectivity index (χ3n) is 4.50. The van der Waals surface area contributed by atoms with Crippen molar-refractivity contribution in [3.8, 4) is 11.4 Å². The molecule has 5 nitrogen and oxygen atoms in total. The van der Waals surface area contributed by atoms with Crippen molar-refractivity contribution >= 4 is 29.0 Å². The van der Waals surface area contributed by atoms with Crippen LogP contribution in [-0.2, 0) is 6.54 Å². The highest BCUT2D eigenvalue weighted by Crippen LogP contribution is 2.19. The first-order chi connectivity index (χ1) is 14.7. The minimum absolute atomic E-state index is 0.158. The van der Waals surface area contributed by atoms with Gasteiger partial charge in [0.25, 0.3) is 5.91 Å². The van der Waals surface area contributed by atoms with Crippen molar-refractivity contribution in [1.82, 2.24) is 15.3 Å². The van der Waals surface area contributed by atoms with Gasteiger partial charge < -0.3 is 10.6 Å². The molecule has 1 aromatic heterocycles. The Morgan fingerprint density at radius 1 is 0.867 bits per heavy atom. The quantitative estimate of drug-likeness (QED) is 0.439. The van der Waals surface area contributed by atoms with E-state index in [1.165, 1.54) is 0 Å². The minimum atomic E-state index is -0.158. The van der Waals surface area contributed by atoms with Gasteiger partial charge in [-0.3, -0.25) is 4.79 Å². The predicted octanol–water partition coefficient (Wildman–Crippen LogP) is 5.47. The highest BCUT2D eigenvalue weighted by molar-refractivity contribution is 6.31. The number of nitrogens with one attached hydrogen (secondary N) is 2. The molecule has 1 amide bonds. The molecule has 0 aliphatic heterocycles. The molecule has 0 aliphatic rings. The second kappa shape index (κ2) is 9.20. The van der Waals surface area contributed by atoms with Crippen LogP contribution >= 0.6 is 11.6 Å². The van der Waals surface area contributed by atoms with Gasteiger partial charge in [-0.2, -0.15) is 0 Å². The van der Waals surface area contributed by atoms with Crippen LogP contribution < -0.4 is 10.6 Å². The van der Waals surface area contributed by atoms with Crippen molar-refractivity contribution in [1.29, 1.82) is 0 Å². The Morgan fingerprint density at radius 3 is 2.37 bits per heavy atom. The summed E-state index contributed by atoms with van der Waals surface area (Å²) in [7, 11) is 0. The number of halogens is 1. The van der Waals surface area contributed by atoms with E-state index in [0.717, 1.165) is 16.8 Å². The van der Waals surface area contributed by atoms with Crippen LogP contribution in [0.15, 0.2) is 91.1 Å². The van der Waals surface area contributed by atoms with Gasteiger partial charge in [0.05, 0.1) is 0 Å². The zero-order chi connectivity index (χ0) is 20.8. The Hall–Kier alpha value is -3.70. The number of carbonyl (C=O) groups is 1. The summed E-state index contributed by atoms with van der Waals surface area (Å²) < 4.78 is 0. The minimum Gasteiger partial charge on any atom is -0.348 e. The van der Waals surface area contributed by atoms with Crippen molar-refractivity contribution < 1.29 is 4.79 Å². The largest absolute Gasteiger partial charge is 0.348 e. The van der Waals surface area contributed by atoms with E-state index in [1.54, 1.807) is 30.5 Å². The lowest BCUT2D eigenvalue weighted by atomic mass is 10.1. The summed E-state index contributed by atoms with van der Waals surface area (Å²) in [6.45, 7) is 0.377. The second-order valence-corrected chi connectivity index (χ2v) is 7.02. The molecular formula is C24H19ClN4O. The van der Waals surface area contributed by atoms with Crippen LogP contribution in [0.5, 0.6) is 0 Å². The number of benzene rings is 3. The molecule has 6 heteroatoms. The molecule has 30 heavy (non-hydrogen) atoms.